The van der Waals surface area contributed by atoms with E-state index >= 15 is 0 Å². The minimum atomic E-state index is 0.525. The van der Waals surface area contributed by atoms with E-state index < -0.39 is 0 Å². The maximum absolute atomic E-state index is 5.99. The molecule has 0 saturated carbocycles. The first-order valence-electron chi connectivity index (χ1n) is 7.34. The third-order valence-corrected chi connectivity index (χ3v) is 4.94. The van der Waals surface area contributed by atoms with Gasteiger partial charge in [0.1, 0.15) is 0 Å². The van der Waals surface area contributed by atoms with Crippen molar-refractivity contribution in [3.05, 3.63) is 17.3 Å². The van der Waals surface area contributed by atoms with Crippen LogP contribution in [0.15, 0.2) is 11.6 Å². The van der Waals surface area contributed by atoms with E-state index in [0.717, 1.165) is 42.5 Å². The zero-order valence-corrected chi connectivity index (χ0v) is 13.1. The Bertz CT molecular complexity index is 575. The Morgan fingerprint density at radius 3 is 3.05 bits per heavy atom. The molecule has 1 unspecified atom stereocenters. The van der Waals surface area contributed by atoms with E-state index in [-0.39, 0.29) is 0 Å². The van der Waals surface area contributed by atoms with Gasteiger partial charge in [0.25, 0.3) is 0 Å². The summed E-state index contributed by atoms with van der Waals surface area (Å²) in [6.45, 7) is 6.13. The first kappa shape index (κ1) is 13.9. The largest absolute Gasteiger partial charge is 0.351 e. The number of thiazole rings is 1. The molecule has 2 aromatic heterocycles. The van der Waals surface area contributed by atoms with Gasteiger partial charge in [-0.15, -0.1) is 11.3 Å². The van der Waals surface area contributed by atoms with Crippen molar-refractivity contribution in [1.82, 2.24) is 14.3 Å². The van der Waals surface area contributed by atoms with Crippen molar-refractivity contribution in [2.24, 2.45) is 5.73 Å². The second-order valence-corrected chi connectivity index (χ2v) is 6.39. The Balaban J connectivity index is 2.00. The highest BCUT2D eigenvalue weighted by molar-refractivity contribution is 7.15. The number of hydrogen-bond acceptors (Lipinski definition) is 5. The molecule has 1 aliphatic rings. The molecular weight excluding hydrogens is 270 g/mol. The lowest BCUT2D eigenvalue weighted by molar-refractivity contribution is 0.327. The maximum atomic E-state index is 5.99. The smallest absolute Gasteiger partial charge is 0.195 e. The molecule has 0 radical (unpaired) electrons. The van der Waals surface area contributed by atoms with Crippen LogP contribution >= 0.6 is 11.3 Å². The molecule has 0 aromatic carbocycles. The minimum absolute atomic E-state index is 0.525. The highest BCUT2D eigenvalue weighted by Crippen LogP contribution is 2.28. The van der Waals surface area contributed by atoms with Crippen LogP contribution in [0.25, 0.3) is 4.96 Å². The third kappa shape index (κ3) is 2.32. The summed E-state index contributed by atoms with van der Waals surface area (Å²) >= 11 is 1.68. The first-order valence-corrected chi connectivity index (χ1v) is 8.22. The number of aromatic nitrogens is 2. The molecule has 0 spiro atoms. The second-order valence-electron chi connectivity index (χ2n) is 5.51. The number of nitrogens with two attached hydrogens (primary N) is 1. The van der Waals surface area contributed by atoms with E-state index in [2.05, 4.69) is 39.7 Å². The number of rotatable bonds is 3. The fourth-order valence-electron chi connectivity index (χ4n) is 3.11. The average molecular weight is 293 g/mol. The summed E-state index contributed by atoms with van der Waals surface area (Å²) < 4.78 is 2.14. The van der Waals surface area contributed by atoms with Gasteiger partial charge in [-0.25, -0.2) is 4.98 Å². The second kappa shape index (κ2) is 5.71. The highest BCUT2D eigenvalue weighted by Gasteiger charge is 2.26. The van der Waals surface area contributed by atoms with Crippen molar-refractivity contribution >= 4 is 22.1 Å². The SMILES string of the molecule is CCC1CN(C)CCCN1c1nc2sccn2c1CN. The molecule has 1 saturated heterocycles. The van der Waals surface area contributed by atoms with Gasteiger partial charge in [0.2, 0.25) is 0 Å². The summed E-state index contributed by atoms with van der Waals surface area (Å²) in [5.41, 5.74) is 7.13. The van der Waals surface area contributed by atoms with Crippen molar-refractivity contribution in [2.45, 2.75) is 32.4 Å². The lowest BCUT2D eigenvalue weighted by Gasteiger charge is -2.31. The Kier molecular flexibility index (Phi) is 3.96. The van der Waals surface area contributed by atoms with Crippen molar-refractivity contribution in [1.29, 1.82) is 0 Å². The molecular formula is C14H23N5S. The number of fused-ring (bicyclic) bond motifs is 1. The van der Waals surface area contributed by atoms with Gasteiger partial charge in [-0.2, -0.15) is 0 Å². The fraction of sp³-hybridized carbons (Fsp3) is 0.643. The predicted octanol–water partition coefficient (Wildman–Crippen LogP) is 1.77. The molecule has 3 heterocycles. The summed E-state index contributed by atoms with van der Waals surface area (Å²) in [5, 5.41) is 2.07. The van der Waals surface area contributed by atoms with E-state index in [1.807, 2.05) is 0 Å². The molecule has 0 amide bonds. The van der Waals surface area contributed by atoms with Gasteiger partial charge < -0.3 is 15.5 Å². The molecule has 2 aromatic rings. The predicted molar refractivity (Wildman–Crippen MR) is 84.5 cm³/mol. The molecule has 3 rings (SSSR count). The molecule has 1 aliphatic heterocycles. The van der Waals surface area contributed by atoms with Crippen LogP contribution in [0.5, 0.6) is 0 Å². The maximum Gasteiger partial charge on any atom is 0.195 e. The Morgan fingerprint density at radius 2 is 2.30 bits per heavy atom. The monoisotopic (exact) mass is 293 g/mol. The summed E-state index contributed by atoms with van der Waals surface area (Å²) in [6.07, 6.45) is 4.39. The van der Waals surface area contributed by atoms with Crippen LogP contribution < -0.4 is 10.6 Å². The molecule has 2 N–H and O–H groups in total. The normalized spacial score (nSPS) is 21.6. The quantitative estimate of drug-likeness (QED) is 0.937. The van der Waals surface area contributed by atoms with Gasteiger partial charge in [0.05, 0.1) is 5.69 Å². The zero-order chi connectivity index (χ0) is 14.1. The zero-order valence-electron chi connectivity index (χ0n) is 12.2. The van der Waals surface area contributed by atoms with E-state index in [9.17, 15) is 0 Å². The summed E-state index contributed by atoms with van der Waals surface area (Å²) in [6, 6.07) is 0.525. The molecule has 5 nitrogen and oxygen atoms in total. The summed E-state index contributed by atoms with van der Waals surface area (Å²) in [7, 11) is 2.21. The van der Waals surface area contributed by atoms with Crippen LogP contribution in [0.2, 0.25) is 0 Å². The Morgan fingerprint density at radius 1 is 1.45 bits per heavy atom. The van der Waals surface area contributed by atoms with Crippen molar-refractivity contribution in [2.75, 3.05) is 31.6 Å². The van der Waals surface area contributed by atoms with Gasteiger partial charge in [0, 0.05) is 37.3 Å². The third-order valence-electron chi connectivity index (χ3n) is 4.18. The van der Waals surface area contributed by atoms with Crippen LogP contribution in [0.3, 0.4) is 0 Å². The average Bonchev–Trinajstić information content (AvgIpc) is 2.96. The summed E-state index contributed by atoms with van der Waals surface area (Å²) in [4.78, 5) is 10.8. The molecule has 1 atom stereocenters. The highest BCUT2D eigenvalue weighted by atomic mass is 32.1. The molecule has 20 heavy (non-hydrogen) atoms. The van der Waals surface area contributed by atoms with Crippen LogP contribution in [0, 0.1) is 0 Å². The number of hydrogen-bond donors (Lipinski definition) is 1. The number of anilines is 1. The standard InChI is InChI=1S/C14H23N5S/c1-3-11-10-17(2)5-4-6-18(11)13-12(9-15)19-7-8-20-14(19)16-13/h7-8,11H,3-6,9-10,15H2,1-2H3. The van der Waals surface area contributed by atoms with Gasteiger partial charge >= 0.3 is 0 Å². The molecule has 6 heteroatoms. The van der Waals surface area contributed by atoms with Crippen LogP contribution in [0.1, 0.15) is 25.5 Å². The Labute approximate surface area is 124 Å². The van der Waals surface area contributed by atoms with E-state index in [0.29, 0.717) is 12.6 Å². The number of imidazole rings is 1. The lowest BCUT2D eigenvalue weighted by atomic mass is 10.2. The molecule has 0 aliphatic carbocycles. The molecule has 0 bridgehead atoms. The number of nitrogens with zero attached hydrogens (tertiary/aromatic N) is 4. The van der Waals surface area contributed by atoms with Gasteiger partial charge in [-0.1, -0.05) is 6.92 Å². The van der Waals surface area contributed by atoms with Crippen LogP contribution in [-0.4, -0.2) is 47.0 Å². The van der Waals surface area contributed by atoms with E-state index in [1.165, 1.54) is 6.42 Å². The fourth-order valence-corrected chi connectivity index (χ4v) is 3.84. The lowest BCUT2D eigenvalue weighted by Crippen LogP contribution is -2.40. The van der Waals surface area contributed by atoms with Gasteiger partial charge in [0.15, 0.2) is 10.8 Å². The van der Waals surface area contributed by atoms with Crippen molar-refractivity contribution in [3.8, 4) is 0 Å². The van der Waals surface area contributed by atoms with Crippen molar-refractivity contribution < 1.29 is 0 Å². The van der Waals surface area contributed by atoms with E-state index in [1.54, 1.807) is 11.3 Å². The van der Waals surface area contributed by atoms with E-state index in [4.69, 9.17) is 10.7 Å². The van der Waals surface area contributed by atoms with Crippen LogP contribution in [0.4, 0.5) is 5.82 Å². The number of likely N-dealkylation sites (N-methyl/N-ethyl adjacent to an activating group) is 1. The topological polar surface area (TPSA) is 49.8 Å². The molecule has 110 valence electrons. The van der Waals surface area contributed by atoms with Gasteiger partial charge in [-0.05, 0) is 26.4 Å². The minimum Gasteiger partial charge on any atom is -0.351 e. The first-order chi connectivity index (χ1) is 9.74. The molecule has 1 fully saturated rings. The van der Waals surface area contributed by atoms with Crippen molar-refractivity contribution in [3.63, 3.8) is 0 Å². The summed E-state index contributed by atoms with van der Waals surface area (Å²) in [5.74, 6) is 1.10. The Hall–Kier alpha value is -1.11. The van der Waals surface area contributed by atoms with Crippen LogP contribution in [-0.2, 0) is 6.54 Å². The van der Waals surface area contributed by atoms with Gasteiger partial charge in [-0.3, -0.25) is 4.40 Å².